The Kier molecular flexibility index (Phi) is 4.61. The Labute approximate surface area is 116 Å². The molecule has 0 spiro atoms. The van der Waals surface area contributed by atoms with Crippen molar-refractivity contribution in [2.75, 3.05) is 16.8 Å². The lowest BCUT2D eigenvalue weighted by molar-refractivity contribution is 0.619. The molecule has 0 radical (unpaired) electrons. The lowest BCUT2D eigenvalue weighted by atomic mass is 10.1. The van der Waals surface area contributed by atoms with Crippen LogP contribution in [0.3, 0.4) is 0 Å². The highest BCUT2D eigenvalue weighted by Crippen LogP contribution is 2.32. The number of aromatic nitrogens is 2. The summed E-state index contributed by atoms with van der Waals surface area (Å²) in [5, 5.41) is 3.28. The van der Waals surface area contributed by atoms with Crippen LogP contribution in [0.15, 0.2) is 6.20 Å². The predicted octanol–water partition coefficient (Wildman–Crippen LogP) is 3.37. The van der Waals surface area contributed by atoms with Crippen molar-refractivity contribution in [1.29, 1.82) is 0 Å². The van der Waals surface area contributed by atoms with E-state index in [-0.39, 0.29) is 0 Å². The second kappa shape index (κ2) is 6.22. The van der Waals surface area contributed by atoms with Crippen LogP contribution in [0.1, 0.15) is 52.0 Å². The largest absolute Gasteiger partial charge is 0.354 e. The highest BCUT2D eigenvalue weighted by Gasteiger charge is 2.31. The van der Waals surface area contributed by atoms with Crippen molar-refractivity contribution in [3.05, 3.63) is 11.8 Å². The normalized spacial score (nSPS) is 22.8. The molecule has 2 unspecified atom stereocenters. The second-order valence-corrected chi connectivity index (χ2v) is 5.52. The third kappa shape index (κ3) is 2.99. The maximum absolute atomic E-state index is 4.74. The third-order valence-corrected chi connectivity index (χ3v) is 3.98. The lowest BCUT2D eigenvalue weighted by Gasteiger charge is -2.30. The van der Waals surface area contributed by atoms with E-state index in [2.05, 4.69) is 42.9 Å². The molecule has 0 saturated carbocycles. The maximum atomic E-state index is 4.74. The Morgan fingerprint density at radius 3 is 2.84 bits per heavy atom. The Bertz CT molecular complexity index is 419. The van der Waals surface area contributed by atoms with E-state index in [9.17, 15) is 0 Å². The van der Waals surface area contributed by atoms with E-state index >= 15 is 0 Å². The van der Waals surface area contributed by atoms with Crippen LogP contribution in [0.25, 0.3) is 0 Å². The molecular weight excluding hydrogens is 236 g/mol. The monoisotopic (exact) mass is 262 g/mol. The van der Waals surface area contributed by atoms with Crippen LogP contribution in [0.2, 0.25) is 0 Å². The number of nitrogens with one attached hydrogen (secondary N) is 1. The van der Waals surface area contributed by atoms with Crippen molar-refractivity contribution in [3.63, 3.8) is 0 Å². The van der Waals surface area contributed by atoms with Crippen LogP contribution >= 0.6 is 0 Å². The molecule has 2 atom stereocenters. The van der Waals surface area contributed by atoms with Gasteiger partial charge in [-0.05, 0) is 39.5 Å². The Morgan fingerprint density at radius 1 is 1.37 bits per heavy atom. The van der Waals surface area contributed by atoms with Crippen molar-refractivity contribution in [1.82, 2.24) is 9.97 Å². The first-order valence-electron chi connectivity index (χ1n) is 7.53. The zero-order valence-electron chi connectivity index (χ0n) is 12.6. The summed E-state index contributed by atoms with van der Waals surface area (Å²) in [4.78, 5) is 11.6. The van der Waals surface area contributed by atoms with Gasteiger partial charge in [-0.15, -0.1) is 0 Å². The lowest BCUT2D eigenvalue weighted by Crippen LogP contribution is -2.35. The molecule has 1 aliphatic rings. The molecule has 0 bridgehead atoms. The van der Waals surface area contributed by atoms with Crippen molar-refractivity contribution in [2.24, 2.45) is 0 Å². The summed E-state index contributed by atoms with van der Waals surface area (Å²) in [5.74, 6) is 1.88. The number of hydrogen-bond acceptors (Lipinski definition) is 4. The van der Waals surface area contributed by atoms with Crippen LogP contribution < -0.4 is 10.2 Å². The van der Waals surface area contributed by atoms with Gasteiger partial charge in [0.15, 0.2) is 0 Å². The molecule has 1 aromatic rings. The summed E-state index contributed by atoms with van der Waals surface area (Å²) >= 11 is 0. The topological polar surface area (TPSA) is 41.1 Å². The fraction of sp³-hybridized carbons (Fsp3) is 0.733. The van der Waals surface area contributed by atoms with Gasteiger partial charge in [-0.1, -0.05) is 13.8 Å². The zero-order valence-corrected chi connectivity index (χ0v) is 12.6. The fourth-order valence-corrected chi connectivity index (χ4v) is 2.87. The molecule has 0 aromatic carbocycles. The minimum absolute atomic E-state index is 0.581. The number of rotatable bonds is 5. The van der Waals surface area contributed by atoms with Gasteiger partial charge in [-0.3, -0.25) is 0 Å². The average molecular weight is 262 g/mol. The van der Waals surface area contributed by atoms with Crippen LogP contribution in [0, 0.1) is 6.92 Å². The maximum Gasteiger partial charge on any atom is 0.224 e. The molecule has 2 heterocycles. The van der Waals surface area contributed by atoms with Gasteiger partial charge in [-0.25, -0.2) is 4.98 Å². The smallest absolute Gasteiger partial charge is 0.224 e. The van der Waals surface area contributed by atoms with Gasteiger partial charge in [0, 0.05) is 30.4 Å². The molecule has 1 aromatic heterocycles. The van der Waals surface area contributed by atoms with Gasteiger partial charge in [0.05, 0.1) is 0 Å². The van der Waals surface area contributed by atoms with Crippen molar-refractivity contribution >= 4 is 11.8 Å². The molecule has 1 aliphatic heterocycles. The SMILES string of the molecule is CCCNc1ncc(C)c(N2C(C)CCC2CC)n1. The number of aryl methyl sites for hydroxylation is 1. The minimum atomic E-state index is 0.581. The van der Waals surface area contributed by atoms with E-state index in [1.807, 2.05) is 6.20 Å². The summed E-state index contributed by atoms with van der Waals surface area (Å²) in [6.45, 7) is 9.75. The highest BCUT2D eigenvalue weighted by molar-refractivity contribution is 5.51. The summed E-state index contributed by atoms with van der Waals surface area (Å²) in [5.41, 5.74) is 1.18. The van der Waals surface area contributed by atoms with Gasteiger partial charge in [-0.2, -0.15) is 4.98 Å². The van der Waals surface area contributed by atoms with E-state index in [1.54, 1.807) is 0 Å². The van der Waals surface area contributed by atoms with Gasteiger partial charge < -0.3 is 10.2 Å². The summed E-state index contributed by atoms with van der Waals surface area (Å²) in [6, 6.07) is 1.21. The first-order valence-corrected chi connectivity index (χ1v) is 7.53. The molecule has 2 rings (SSSR count). The highest BCUT2D eigenvalue weighted by atomic mass is 15.3. The van der Waals surface area contributed by atoms with Gasteiger partial charge in [0.25, 0.3) is 0 Å². The molecule has 1 saturated heterocycles. The Balaban J connectivity index is 2.26. The zero-order chi connectivity index (χ0) is 13.8. The first-order chi connectivity index (χ1) is 9.17. The van der Waals surface area contributed by atoms with Gasteiger partial charge in [0.2, 0.25) is 5.95 Å². The molecule has 0 aliphatic carbocycles. The van der Waals surface area contributed by atoms with Crippen molar-refractivity contribution < 1.29 is 0 Å². The average Bonchev–Trinajstić information content (AvgIpc) is 2.79. The van der Waals surface area contributed by atoms with Crippen LogP contribution in [0.4, 0.5) is 11.8 Å². The van der Waals surface area contributed by atoms with E-state index in [0.29, 0.717) is 12.1 Å². The summed E-state index contributed by atoms with van der Waals surface area (Å²) < 4.78 is 0. The van der Waals surface area contributed by atoms with Gasteiger partial charge in [0.1, 0.15) is 5.82 Å². The molecular formula is C15H26N4. The van der Waals surface area contributed by atoms with Crippen LogP contribution in [0.5, 0.6) is 0 Å². The summed E-state index contributed by atoms with van der Waals surface area (Å²) in [7, 11) is 0. The molecule has 106 valence electrons. The Hall–Kier alpha value is -1.32. The molecule has 19 heavy (non-hydrogen) atoms. The van der Waals surface area contributed by atoms with Gasteiger partial charge >= 0.3 is 0 Å². The van der Waals surface area contributed by atoms with Crippen molar-refractivity contribution in [3.8, 4) is 0 Å². The molecule has 0 amide bonds. The van der Waals surface area contributed by atoms with E-state index in [0.717, 1.165) is 24.7 Å². The second-order valence-electron chi connectivity index (χ2n) is 5.52. The van der Waals surface area contributed by atoms with Crippen LogP contribution in [-0.4, -0.2) is 28.6 Å². The van der Waals surface area contributed by atoms with E-state index < -0.39 is 0 Å². The predicted molar refractivity (Wildman–Crippen MR) is 80.8 cm³/mol. The third-order valence-electron chi connectivity index (χ3n) is 3.98. The summed E-state index contributed by atoms with van der Waals surface area (Å²) in [6.07, 6.45) is 6.76. The number of hydrogen-bond donors (Lipinski definition) is 1. The van der Waals surface area contributed by atoms with E-state index in [4.69, 9.17) is 4.98 Å². The fourth-order valence-electron chi connectivity index (χ4n) is 2.87. The quantitative estimate of drug-likeness (QED) is 0.883. The number of nitrogens with zero attached hydrogens (tertiary/aromatic N) is 3. The van der Waals surface area contributed by atoms with Crippen molar-refractivity contribution in [2.45, 2.75) is 65.5 Å². The molecule has 1 N–H and O–H groups in total. The molecule has 1 fully saturated rings. The molecule has 4 nitrogen and oxygen atoms in total. The first kappa shape index (κ1) is 14.1. The minimum Gasteiger partial charge on any atom is -0.354 e. The van der Waals surface area contributed by atoms with E-state index in [1.165, 1.54) is 24.8 Å². The standard InChI is InChI=1S/C15H26N4/c1-5-9-16-15-17-10-11(3)14(18-15)19-12(4)7-8-13(19)6-2/h10,12-13H,5-9H2,1-4H3,(H,16,17,18). The number of anilines is 2. The Morgan fingerprint density at radius 2 is 2.16 bits per heavy atom. The van der Waals surface area contributed by atoms with Crippen LogP contribution in [-0.2, 0) is 0 Å². The molecule has 4 heteroatoms.